The quantitative estimate of drug-likeness (QED) is 0.597. The molecule has 1 aromatic heterocycles. The van der Waals surface area contributed by atoms with Crippen LogP contribution in [0.15, 0.2) is 54.6 Å². The van der Waals surface area contributed by atoms with E-state index >= 15 is 0 Å². The molecule has 0 fully saturated rings. The molecule has 0 unspecified atom stereocenters. The highest BCUT2D eigenvalue weighted by atomic mass is 35.5. The number of aromatic amines is 1. The Bertz CT molecular complexity index is 831. The van der Waals surface area contributed by atoms with E-state index in [9.17, 15) is 0 Å². The standard InChI is InChI=1S/C17H15ClN4OS/c1-23-14-8-6-13(7-9-14)19-17(24)20-16-10-15(21-22-16)11-2-4-12(18)5-3-11/h2-10H,1H3,(H3,19,20,21,22,24). The lowest BCUT2D eigenvalue weighted by Crippen LogP contribution is -2.19. The first-order valence-corrected chi connectivity index (χ1v) is 7.96. The van der Waals surface area contributed by atoms with E-state index in [0.29, 0.717) is 16.0 Å². The van der Waals surface area contributed by atoms with Gasteiger partial charge in [0.15, 0.2) is 10.9 Å². The summed E-state index contributed by atoms with van der Waals surface area (Å²) in [5.41, 5.74) is 2.73. The molecule has 0 saturated heterocycles. The van der Waals surface area contributed by atoms with Gasteiger partial charge in [-0.15, -0.1) is 0 Å². The predicted octanol–water partition coefficient (Wildman–Crippen LogP) is 4.55. The molecule has 0 spiro atoms. The van der Waals surface area contributed by atoms with Gasteiger partial charge in [-0.2, -0.15) is 5.10 Å². The summed E-state index contributed by atoms with van der Waals surface area (Å²) in [6.07, 6.45) is 0. The predicted molar refractivity (Wildman–Crippen MR) is 102 cm³/mol. The summed E-state index contributed by atoms with van der Waals surface area (Å²) >= 11 is 11.2. The summed E-state index contributed by atoms with van der Waals surface area (Å²) < 4.78 is 5.12. The molecule has 0 atom stereocenters. The maximum atomic E-state index is 5.90. The maximum absolute atomic E-state index is 5.90. The van der Waals surface area contributed by atoms with Gasteiger partial charge in [-0.05, 0) is 54.2 Å². The van der Waals surface area contributed by atoms with Crippen LogP contribution in [0.5, 0.6) is 5.75 Å². The fraction of sp³-hybridized carbons (Fsp3) is 0.0588. The van der Waals surface area contributed by atoms with Crippen molar-refractivity contribution >= 4 is 40.4 Å². The highest BCUT2D eigenvalue weighted by Gasteiger charge is 2.06. The second-order valence-electron chi connectivity index (χ2n) is 4.98. The number of methoxy groups -OCH3 is 1. The lowest BCUT2D eigenvalue weighted by Gasteiger charge is -2.08. The molecule has 0 bridgehead atoms. The molecule has 0 aliphatic rings. The molecule has 2 aromatic carbocycles. The first-order valence-electron chi connectivity index (χ1n) is 7.17. The average Bonchev–Trinajstić information content (AvgIpc) is 3.04. The van der Waals surface area contributed by atoms with Crippen molar-refractivity contribution in [1.82, 2.24) is 10.2 Å². The Morgan fingerprint density at radius 2 is 1.79 bits per heavy atom. The van der Waals surface area contributed by atoms with E-state index in [1.54, 1.807) is 7.11 Å². The minimum absolute atomic E-state index is 0.453. The Labute approximate surface area is 150 Å². The van der Waals surface area contributed by atoms with Crippen molar-refractivity contribution in [2.45, 2.75) is 0 Å². The van der Waals surface area contributed by atoms with Crippen LogP contribution in [0, 0.1) is 0 Å². The summed E-state index contributed by atoms with van der Waals surface area (Å²) in [6, 6.07) is 16.9. The molecule has 0 radical (unpaired) electrons. The van der Waals surface area contributed by atoms with Crippen molar-refractivity contribution < 1.29 is 4.74 Å². The number of nitrogens with zero attached hydrogens (tertiary/aromatic N) is 1. The van der Waals surface area contributed by atoms with Gasteiger partial charge in [0.25, 0.3) is 0 Å². The van der Waals surface area contributed by atoms with Gasteiger partial charge in [0.05, 0.1) is 12.8 Å². The second-order valence-corrected chi connectivity index (χ2v) is 5.83. The van der Waals surface area contributed by atoms with Crippen molar-refractivity contribution in [1.29, 1.82) is 0 Å². The van der Waals surface area contributed by atoms with Crippen LogP contribution in [-0.4, -0.2) is 22.4 Å². The number of ether oxygens (including phenoxy) is 1. The van der Waals surface area contributed by atoms with Crippen LogP contribution in [0.25, 0.3) is 11.3 Å². The first-order chi connectivity index (χ1) is 11.6. The van der Waals surface area contributed by atoms with Crippen LogP contribution in [0.1, 0.15) is 0 Å². The smallest absolute Gasteiger partial charge is 0.176 e. The van der Waals surface area contributed by atoms with Crippen LogP contribution >= 0.6 is 23.8 Å². The van der Waals surface area contributed by atoms with E-state index in [0.717, 1.165) is 22.7 Å². The summed E-state index contributed by atoms with van der Waals surface area (Å²) in [7, 11) is 1.63. The number of rotatable bonds is 4. The molecule has 3 rings (SSSR count). The van der Waals surface area contributed by atoms with Gasteiger partial charge in [0.2, 0.25) is 0 Å². The maximum Gasteiger partial charge on any atom is 0.176 e. The van der Waals surface area contributed by atoms with E-state index in [1.165, 1.54) is 0 Å². The highest BCUT2D eigenvalue weighted by molar-refractivity contribution is 7.80. The average molecular weight is 359 g/mol. The minimum atomic E-state index is 0.453. The zero-order valence-corrected chi connectivity index (χ0v) is 14.4. The number of anilines is 2. The van der Waals surface area contributed by atoms with E-state index < -0.39 is 0 Å². The van der Waals surface area contributed by atoms with Gasteiger partial charge in [-0.3, -0.25) is 5.10 Å². The zero-order valence-electron chi connectivity index (χ0n) is 12.8. The number of nitrogens with one attached hydrogen (secondary N) is 3. The Balaban J connectivity index is 1.63. The number of benzene rings is 2. The van der Waals surface area contributed by atoms with E-state index in [2.05, 4.69) is 20.8 Å². The molecule has 0 amide bonds. The number of H-pyrrole nitrogens is 1. The largest absolute Gasteiger partial charge is 0.497 e. The Morgan fingerprint density at radius 1 is 1.08 bits per heavy atom. The molecule has 7 heteroatoms. The molecular formula is C17H15ClN4OS. The van der Waals surface area contributed by atoms with Crippen LogP contribution in [0.4, 0.5) is 11.5 Å². The van der Waals surface area contributed by atoms with Crippen LogP contribution in [0.3, 0.4) is 0 Å². The summed E-state index contributed by atoms with van der Waals surface area (Å²) in [4.78, 5) is 0. The molecule has 1 heterocycles. The third-order valence-electron chi connectivity index (χ3n) is 3.32. The third kappa shape index (κ3) is 4.04. The highest BCUT2D eigenvalue weighted by Crippen LogP contribution is 2.22. The van der Waals surface area contributed by atoms with Crippen molar-refractivity contribution in [2.24, 2.45) is 0 Å². The number of hydrogen-bond acceptors (Lipinski definition) is 3. The van der Waals surface area contributed by atoms with E-state index in [-0.39, 0.29) is 0 Å². The Kier molecular flexibility index (Phi) is 4.98. The van der Waals surface area contributed by atoms with E-state index in [4.69, 9.17) is 28.6 Å². The zero-order chi connectivity index (χ0) is 16.9. The Hall–Kier alpha value is -2.57. The normalized spacial score (nSPS) is 10.2. The van der Waals surface area contributed by atoms with Crippen LogP contribution in [-0.2, 0) is 0 Å². The third-order valence-corrected chi connectivity index (χ3v) is 3.78. The lowest BCUT2D eigenvalue weighted by molar-refractivity contribution is 0.415. The molecular weight excluding hydrogens is 344 g/mol. The first kappa shape index (κ1) is 16.3. The van der Waals surface area contributed by atoms with Gasteiger partial charge in [0, 0.05) is 16.8 Å². The fourth-order valence-corrected chi connectivity index (χ4v) is 2.46. The van der Waals surface area contributed by atoms with Gasteiger partial charge in [-0.1, -0.05) is 23.7 Å². The van der Waals surface area contributed by atoms with Gasteiger partial charge in [0.1, 0.15) is 5.75 Å². The second kappa shape index (κ2) is 7.33. The molecule has 0 aliphatic heterocycles. The molecule has 24 heavy (non-hydrogen) atoms. The van der Waals surface area contributed by atoms with Gasteiger partial charge < -0.3 is 15.4 Å². The van der Waals surface area contributed by atoms with Gasteiger partial charge >= 0.3 is 0 Å². The number of halogens is 1. The molecule has 5 nitrogen and oxygen atoms in total. The topological polar surface area (TPSA) is 62.0 Å². The number of hydrogen-bond donors (Lipinski definition) is 3. The SMILES string of the molecule is COc1ccc(NC(=S)Nc2cc(-c3ccc(Cl)cc3)[nH]n2)cc1. The summed E-state index contributed by atoms with van der Waals surface area (Å²) in [5, 5.41) is 14.5. The van der Waals surface area contributed by atoms with Crippen molar-refractivity contribution in [3.05, 3.63) is 59.6 Å². The van der Waals surface area contributed by atoms with Crippen molar-refractivity contribution in [2.75, 3.05) is 17.7 Å². The Morgan fingerprint density at radius 3 is 2.46 bits per heavy atom. The minimum Gasteiger partial charge on any atom is -0.497 e. The molecule has 3 aromatic rings. The monoisotopic (exact) mass is 358 g/mol. The number of thiocarbonyl (C=S) groups is 1. The van der Waals surface area contributed by atoms with Crippen LogP contribution < -0.4 is 15.4 Å². The van der Waals surface area contributed by atoms with Crippen molar-refractivity contribution in [3.63, 3.8) is 0 Å². The fourth-order valence-electron chi connectivity index (χ4n) is 2.12. The van der Waals surface area contributed by atoms with Gasteiger partial charge in [-0.25, -0.2) is 0 Å². The molecule has 3 N–H and O–H groups in total. The lowest BCUT2D eigenvalue weighted by atomic mass is 10.1. The number of aromatic nitrogens is 2. The summed E-state index contributed by atoms with van der Waals surface area (Å²) in [6.45, 7) is 0. The molecule has 0 saturated carbocycles. The van der Waals surface area contributed by atoms with E-state index in [1.807, 2.05) is 54.6 Å². The van der Waals surface area contributed by atoms with Crippen molar-refractivity contribution in [3.8, 4) is 17.0 Å². The van der Waals surface area contributed by atoms with Crippen LogP contribution in [0.2, 0.25) is 5.02 Å². The summed E-state index contributed by atoms with van der Waals surface area (Å²) in [5.74, 6) is 1.42. The molecule has 0 aliphatic carbocycles. The molecule has 122 valence electrons.